The molecule has 1 aromatic carbocycles. The highest BCUT2D eigenvalue weighted by Crippen LogP contribution is 2.20. The van der Waals surface area contributed by atoms with Gasteiger partial charge in [-0.3, -0.25) is 4.90 Å². The molecule has 0 N–H and O–H groups in total. The van der Waals surface area contributed by atoms with E-state index in [1.165, 1.54) is 38.2 Å². The highest BCUT2D eigenvalue weighted by atomic mass is 15.3. The molecular weight excluding hydrogens is 272 g/mol. The van der Waals surface area contributed by atoms with Gasteiger partial charge in [-0.05, 0) is 56.6 Å². The molecule has 2 fully saturated rings. The van der Waals surface area contributed by atoms with Crippen molar-refractivity contribution in [2.75, 3.05) is 57.8 Å². The van der Waals surface area contributed by atoms with Gasteiger partial charge in [-0.25, -0.2) is 0 Å². The summed E-state index contributed by atoms with van der Waals surface area (Å²) in [5.41, 5.74) is 1.99. The Kier molecular flexibility index (Phi) is 4.97. The zero-order valence-electron chi connectivity index (χ0n) is 13.5. The van der Waals surface area contributed by atoms with Gasteiger partial charge in [0.1, 0.15) is 0 Å². The predicted octanol–water partition coefficient (Wildman–Crippen LogP) is 2.02. The molecule has 4 heteroatoms. The minimum absolute atomic E-state index is 0.740. The molecule has 3 rings (SSSR count). The number of piperazine rings is 1. The van der Waals surface area contributed by atoms with Crippen molar-refractivity contribution in [3.8, 4) is 6.07 Å². The quantitative estimate of drug-likeness (QED) is 0.855. The number of nitriles is 1. The smallest absolute Gasteiger partial charge is 0.0991 e. The third kappa shape index (κ3) is 3.79. The van der Waals surface area contributed by atoms with Crippen molar-refractivity contribution in [2.24, 2.45) is 5.92 Å². The van der Waals surface area contributed by atoms with Crippen LogP contribution in [0.2, 0.25) is 0 Å². The minimum atomic E-state index is 0.740. The SMILES string of the molecule is CN1CCC[C@@H](CN2CCN(c3ccc(C#N)cc3)CC2)C1. The van der Waals surface area contributed by atoms with Crippen LogP contribution < -0.4 is 4.90 Å². The fourth-order valence-electron chi connectivity index (χ4n) is 3.72. The van der Waals surface area contributed by atoms with Crippen molar-refractivity contribution in [1.29, 1.82) is 5.26 Å². The Morgan fingerprint density at radius 1 is 1.09 bits per heavy atom. The molecule has 2 saturated heterocycles. The van der Waals surface area contributed by atoms with E-state index in [1.54, 1.807) is 0 Å². The molecule has 2 heterocycles. The lowest BCUT2D eigenvalue weighted by atomic mass is 9.97. The summed E-state index contributed by atoms with van der Waals surface area (Å²) in [4.78, 5) is 7.54. The van der Waals surface area contributed by atoms with Crippen LogP contribution in [-0.4, -0.2) is 62.7 Å². The van der Waals surface area contributed by atoms with Crippen LogP contribution in [0.5, 0.6) is 0 Å². The fraction of sp³-hybridized carbons (Fsp3) is 0.611. The number of hydrogen-bond acceptors (Lipinski definition) is 4. The predicted molar refractivity (Wildman–Crippen MR) is 90.0 cm³/mol. The molecule has 0 bridgehead atoms. The lowest BCUT2D eigenvalue weighted by Gasteiger charge is -2.39. The van der Waals surface area contributed by atoms with Gasteiger partial charge in [-0.15, -0.1) is 0 Å². The van der Waals surface area contributed by atoms with E-state index in [4.69, 9.17) is 5.26 Å². The normalized spacial score (nSPS) is 24.2. The molecule has 22 heavy (non-hydrogen) atoms. The van der Waals surface area contributed by atoms with E-state index >= 15 is 0 Å². The number of piperidine rings is 1. The highest BCUT2D eigenvalue weighted by Gasteiger charge is 2.23. The van der Waals surface area contributed by atoms with E-state index in [-0.39, 0.29) is 0 Å². The van der Waals surface area contributed by atoms with Crippen LogP contribution in [-0.2, 0) is 0 Å². The first-order chi connectivity index (χ1) is 10.7. The van der Waals surface area contributed by atoms with Crippen molar-refractivity contribution in [3.05, 3.63) is 29.8 Å². The maximum absolute atomic E-state index is 8.87. The Morgan fingerprint density at radius 2 is 1.82 bits per heavy atom. The average molecular weight is 298 g/mol. The number of nitrogens with zero attached hydrogens (tertiary/aromatic N) is 4. The van der Waals surface area contributed by atoms with Gasteiger partial charge >= 0.3 is 0 Å². The van der Waals surface area contributed by atoms with Crippen LogP contribution >= 0.6 is 0 Å². The molecule has 2 aliphatic rings. The zero-order chi connectivity index (χ0) is 15.4. The molecule has 4 nitrogen and oxygen atoms in total. The van der Waals surface area contributed by atoms with E-state index < -0.39 is 0 Å². The van der Waals surface area contributed by atoms with Crippen molar-refractivity contribution in [2.45, 2.75) is 12.8 Å². The minimum Gasteiger partial charge on any atom is -0.369 e. The average Bonchev–Trinajstić information content (AvgIpc) is 2.56. The van der Waals surface area contributed by atoms with Crippen LogP contribution in [0.25, 0.3) is 0 Å². The maximum atomic E-state index is 8.87. The Balaban J connectivity index is 1.48. The van der Waals surface area contributed by atoms with Gasteiger partial charge in [0.05, 0.1) is 11.6 Å². The van der Waals surface area contributed by atoms with E-state index in [0.29, 0.717) is 0 Å². The summed E-state index contributed by atoms with van der Waals surface area (Å²) < 4.78 is 0. The van der Waals surface area contributed by atoms with E-state index in [2.05, 4.69) is 39.9 Å². The number of anilines is 1. The van der Waals surface area contributed by atoms with E-state index in [9.17, 15) is 0 Å². The first kappa shape index (κ1) is 15.3. The van der Waals surface area contributed by atoms with E-state index in [0.717, 1.165) is 37.7 Å². The second-order valence-electron chi connectivity index (χ2n) is 6.72. The third-order valence-electron chi connectivity index (χ3n) is 4.97. The van der Waals surface area contributed by atoms with Crippen LogP contribution in [0.4, 0.5) is 5.69 Å². The summed E-state index contributed by atoms with van der Waals surface area (Å²) in [7, 11) is 2.25. The molecule has 0 saturated carbocycles. The topological polar surface area (TPSA) is 33.5 Å². The van der Waals surface area contributed by atoms with Crippen LogP contribution in [0.15, 0.2) is 24.3 Å². The highest BCUT2D eigenvalue weighted by molar-refractivity contribution is 5.50. The number of rotatable bonds is 3. The first-order valence-corrected chi connectivity index (χ1v) is 8.40. The van der Waals surface area contributed by atoms with Crippen LogP contribution in [0, 0.1) is 17.2 Å². The maximum Gasteiger partial charge on any atom is 0.0991 e. The molecule has 1 atom stereocenters. The molecule has 2 aliphatic heterocycles. The molecule has 118 valence electrons. The van der Waals surface area contributed by atoms with Gasteiger partial charge in [0.15, 0.2) is 0 Å². The Morgan fingerprint density at radius 3 is 2.45 bits per heavy atom. The van der Waals surface area contributed by atoms with Crippen molar-refractivity contribution in [3.63, 3.8) is 0 Å². The first-order valence-electron chi connectivity index (χ1n) is 8.40. The van der Waals surface area contributed by atoms with Gasteiger partial charge in [-0.1, -0.05) is 0 Å². The largest absolute Gasteiger partial charge is 0.369 e. The van der Waals surface area contributed by atoms with Crippen molar-refractivity contribution in [1.82, 2.24) is 9.80 Å². The molecule has 0 radical (unpaired) electrons. The molecule has 0 spiro atoms. The molecule has 0 amide bonds. The van der Waals surface area contributed by atoms with Crippen LogP contribution in [0.3, 0.4) is 0 Å². The zero-order valence-corrected chi connectivity index (χ0v) is 13.5. The monoisotopic (exact) mass is 298 g/mol. The summed E-state index contributed by atoms with van der Waals surface area (Å²) in [6.07, 6.45) is 2.74. The lowest BCUT2D eigenvalue weighted by molar-refractivity contribution is 0.147. The molecular formula is C18H26N4. The van der Waals surface area contributed by atoms with Crippen molar-refractivity contribution >= 4 is 5.69 Å². The fourth-order valence-corrected chi connectivity index (χ4v) is 3.72. The standard InChI is InChI=1S/C18H26N4/c1-20-8-2-3-17(14-20)15-21-9-11-22(12-10-21)18-6-4-16(13-19)5-7-18/h4-7,17H,2-3,8-12,14-15H2,1H3/t17-/m1/s1. The summed E-state index contributed by atoms with van der Waals surface area (Å²) in [5.74, 6) is 0.847. The summed E-state index contributed by atoms with van der Waals surface area (Å²) >= 11 is 0. The van der Waals surface area contributed by atoms with Crippen molar-refractivity contribution < 1.29 is 0 Å². The van der Waals surface area contributed by atoms with Gasteiger partial charge in [-0.2, -0.15) is 5.26 Å². The Labute approximate surface area is 133 Å². The summed E-state index contributed by atoms with van der Waals surface area (Å²) in [6.45, 7) is 8.27. The van der Waals surface area contributed by atoms with E-state index in [1.807, 2.05) is 12.1 Å². The second kappa shape index (κ2) is 7.13. The van der Waals surface area contributed by atoms with Gasteiger partial charge in [0.25, 0.3) is 0 Å². The molecule has 1 aromatic rings. The number of hydrogen-bond donors (Lipinski definition) is 0. The number of likely N-dealkylation sites (tertiary alicyclic amines) is 1. The molecule has 0 unspecified atom stereocenters. The van der Waals surface area contributed by atoms with Crippen LogP contribution in [0.1, 0.15) is 18.4 Å². The summed E-state index contributed by atoms with van der Waals surface area (Å²) in [5, 5.41) is 8.87. The second-order valence-corrected chi connectivity index (χ2v) is 6.72. The molecule has 0 aromatic heterocycles. The third-order valence-corrected chi connectivity index (χ3v) is 4.97. The lowest BCUT2D eigenvalue weighted by Crippen LogP contribution is -2.49. The number of benzene rings is 1. The Bertz CT molecular complexity index is 511. The van der Waals surface area contributed by atoms with Gasteiger partial charge in [0.2, 0.25) is 0 Å². The molecule has 0 aliphatic carbocycles. The Hall–Kier alpha value is -1.57. The van der Waals surface area contributed by atoms with Gasteiger partial charge < -0.3 is 9.80 Å². The van der Waals surface area contributed by atoms with Gasteiger partial charge in [0, 0.05) is 45.0 Å². The summed E-state index contributed by atoms with van der Waals surface area (Å²) in [6, 6.07) is 10.2.